The van der Waals surface area contributed by atoms with Crippen molar-refractivity contribution in [2.24, 2.45) is 0 Å². The van der Waals surface area contributed by atoms with Crippen molar-refractivity contribution in [3.8, 4) is 0 Å². The molecule has 0 aliphatic carbocycles. The Morgan fingerprint density at radius 2 is 2.17 bits per heavy atom. The molecule has 1 aromatic carbocycles. The lowest BCUT2D eigenvalue weighted by molar-refractivity contribution is -0.123. The number of ether oxygens (including phenoxy) is 1. The van der Waals surface area contributed by atoms with Gasteiger partial charge in [-0.3, -0.25) is 4.79 Å². The maximum absolute atomic E-state index is 12.2. The molecule has 1 unspecified atom stereocenters. The highest BCUT2D eigenvalue weighted by Gasteiger charge is 2.47. The summed E-state index contributed by atoms with van der Waals surface area (Å²) in [4.78, 5) is 27.1. The summed E-state index contributed by atoms with van der Waals surface area (Å²) < 4.78 is 5.24. The molecule has 2 aliphatic rings. The molecule has 0 bridgehead atoms. The van der Waals surface area contributed by atoms with Gasteiger partial charge in [-0.05, 0) is 18.2 Å². The first kappa shape index (κ1) is 11.0. The van der Waals surface area contributed by atoms with Crippen LogP contribution in [-0.4, -0.2) is 42.6 Å². The molecule has 6 nitrogen and oxygen atoms in total. The molecule has 94 valence electrons. The first-order chi connectivity index (χ1) is 8.68. The summed E-state index contributed by atoms with van der Waals surface area (Å²) in [6.45, 7) is 1.19. The van der Waals surface area contributed by atoms with E-state index in [2.05, 4.69) is 0 Å². The van der Waals surface area contributed by atoms with Crippen molar-refractivity contribution in [1.29, 1.82) is 0 Å². The van der Waals surface area contributed by atoms with Crippen molar-refractivity contribution in [3.63, 3.8) is 0 Å². The number of morpholine rings is 1. The van der Waals surface area contributed by atoms with E-state index >= 15 is 0 Å². The van der Waals surface area contributed by atoms with E-state index in [1.807, 2.05) is 0 Å². The van der Waals surface area contributed by atoms with Crippen LogP contribution in [0.3, 0.4) is 0 Å². The van der Waals surface area contributed by atoms with E-state index in [4.69, 9.17) is 10.5 Å². The second kappa shape index (κ2) is 3.99. The molecular formula is C12H13N3O3. The fraction of sp³-hybridized carbons (Fsp3) is 0.333. The van der Waals surface area contributed by atoms with Gasteiger partial charge in [-0.25, -0.2) is 9.69 Å². The van der Waals surface area contributed by atoms with E-state index in [9.17, 15) is 9.59 Å². The third-order valence-electron chi connectivity index (χ3n) is 3.20. The van der Waals surface area contributed by atoms with E-state index in [-0.39, 0.29) is 18.5 Å². The minimum atomic E-state index is -0.493. The fourth-order valence-corrected chi connectivity index (χ4v) is 2.31. The Kier molecular flexibility index (Phi) is 2.45. The minimum absolute atomic E-state index is 0.245. The number of anilines is 2. The van der Waals surface area contributed by atoms with Gasteiger partial charge < -0.3 is 15.4 Å². The van der Waals surface area contributed by atoms with Gasteiger partial charge in [-0.2, -0.15) is 0 Å². The largest absolute Gasteiger partial charge is 0.399 e. The van der Waals surface area contributed by atoms with Gasteiger partial charge in [0, 0.05) is 12.2 Å². The lowest BCUT2D eigenvalue weighted by Crippen LogP contribution is -2.45. The number of amides is 3. The van der Waals surface area contributed by atoms with Gasteiger partial charge in [0.1, 0.15) is 6.04 Å². The number of nitrogens with two attached hydrogens (primary N) is 1. The molecule has 1 atom stereocenters. The van der Waals surface area contributed by atoms with Crippen LogP contribution >= 0.6 is 0 Å². The third-order valence-corrected chi connectivity index (χ3v) is 3.20. The van der Waals surface area contributed by atoms with Crippen LogP contribution in [0, 0.1) is 0 Å². The molecule has 18 heavy (non-hydrogen) atoms. The number of carbonyl (C=O) groups excluding carboxylic acids is 2. The summed E-state index contributed by atoms with van der Waals surface area (Å²) in [6.07, 6.45) is 0. The van der Waals surface area contributed by atoms with Crippen LogP contribution in [0.25, 0.3) is 0 Å². The van der Waals surface area contributed by atoms with Gasteiger partial charge in [-0.15, -0.1) is 0 Å². The number of urea groups is 1. The number of fused-ring (bicyclic) bond motifs is 1. The Balaban J connectivity index is 1.97. The molecule has 1 aromatic rings. The van der Waals surface area contributed by atoms with E-state index in [0.29, 0.717) is 24.5 Å². The predicted octanol–water partition coefficient (Wildman–Crippen LogP) is 0.436. The van der Waals surface area contributed by atoms with Gasteiger partial charge >= 0.3 is 6.03 Å². The zero-order valence-electron chi connectivity index (χ0n) is 9.70. The average molecular weight is 247 g/mol. The molecule has 3 rings (SSSR count). The summed E-state index contributed by atoms with van der Waals surface area (Å²) in [5.74, 6) is -0.245. The standard InChI is InChI=1S/C12H13N3O3/c13-8-2-1-3-9(6-8)15-11(16)10-7-18-5-4-14(10)12(15)17/h1-3,6,10H,4-5,7,13H2. The Bertz CT molecular complexity index is 493. The Morgan fingerprint density at radius 1 is 1.33 bits per heavy atom. The number of hydrogen-bond donors (Lipinski definition) is 1. The zero-order valence-corrected chi connectivity index (χ0v) is 9.70. The van der Waals surface area contributed by atoms with Crippen LogP contribution < -0.4 is 10.6 Å². The topological polar surface area (TPSA) is 75.9 Å². The summed E-state index contributed by atoms with van der Waals surface area (Å²) in [6, 6.07) is 5.97. The van der Waals surface area contributed by atoms with Gasteiger partial charge in [-0.1, -0.05) is 6.07 Å². The second-order valence-corrected chi connectivity index (χ2v) is 4.34. The molecule has 2 aliphatic heterocycles. The molecular weight excluding hydrogens is 234 g/mol. The smallest absolute Gasteiger partial charge is 0.332 e. The van der Waals surface area contributed by atoms with Crippen molar-refractivity contribution >= 4 is 23.3 Å². The first-order valence-electron chi connectivity index (χ1n) is 5.76. The number of nitrogen functional groups attached to an aromatic ring is 1. The highest BCUT2D eigenvalue weighted by Crippen LogP contribution is 2.27. The second-order valence-electron chi connectivity index (χ2n) is 4.34. The number of rotatable bonds is 1. The number of benzene rings is 1. The Morgan fingerprint density at radius 3 is 2.89 bits per heavy atom. The van der Waals surface area contributed by atoms with Crippen LogP contribution in [0.5, 0.6) is 0 Å². The van der Waals surface area contributed by atoms with E-state index in [1.165, 1.54) is 4.90 Å². The molecule has 2 saturated heterocycles. The third kappa shape index (κ3) is 1.53. The van der Waals surface area contributed by atoms with E-state index < -0.39 is 6.04 Å². The number of imide groups is 1. The Labute approximate surface area is 104 Å². The van der Waals surface area contributed by atoms with Crippen LogP contribution in [-0.2, 0) is 9.53 Å². The van der Waals surface area contributed by atoms with Crippen molar-refractivity contribution in [2.45, 2.75) is 6.04 Å². The SMILES string of the molecule is Nc1cccc(N2C(=O)C3COCCN3C2=O)c1. The summed E-state index contributed by atoms with van der Waals surface area (Å²) in [5.41, 5.74) is 6.71. The Hall–Kier alpha value is -2.08. The number of hydrogen-bond acceptors (Lipinski definition) is 4. The van der Waals surface area contributed by atoms with Gasteiger partial charge in [0.25, 0.3) is 5.91 Å². The van der Waals surface area contributed by atoms with Crippen LogP contribution in [0.15, 0.2) is 24.3 Å². The maximum atomic E-state index is 12.2. The van der Waals surface area contributed by atoms with Crippen molar-refractivity contribution in [3.05, 3.63) is 24.3 Å². The minimum Gasteiger partial charge on any atom is -0.399 e. The highest BCUT2D eigenvalue weighted by molar-refractivity contribution is 6.21. The number of carbonyl (C=O) groups is 2. The monoisotopic (exact) mass is 247 g/mol. The van der Waals surface area contributed by atoms with Crippen LogP contribution in [0.1, 0.15) is 0 Å². The van der Waals surface area contributed by atoms with Crippen molar-refractivity contribution in [2.75, 3.05) is 30.4 Å². The van der Waals surface area contributed by atoms with E-state index in [1.54, 1.807) is 29.2 Å². The molecule has 3 amide bonds. The quantitative estimate of drug-likeness (QED) is 0.577. The predicted molar refractivity (Wildman–Crippen MR) is 65.0 cm³/mol. The van der Waals surface area contributed by atoms with E-state index in [0.717, 1.165) is 0 Å². The summed E-state index contributed by atoms with van der Waals surface area (Å²) >= 11 is 0. The molecule has 2 N–H and O–H groups in total. The van der Waals surface area contributed by atoms with Gasteiger partial charge in [0.05, 0.1) is 18.9 Å². The molecule has 0 aromatic heterocycles. The fourth-order valence-electron chi connectivity index (χ4n) is 2.31. The lowest BCUT2D eigenvalue weighted by atomic mass is 10.2. The molecule has 2 fully saturated rings. The average Bonchev–Trinajstić information content (AvgIpc) is 2.63. The van der Waals surface area contributed by atoms with Crippen molar-refractivity contribution in [1.82, 2.24) is 4.90 Å². The number of nitrogens with zero attached hydrogens (tertiary/aromatic N) is 2. The summed E-state index contributed by atoms with van der Waals surface area (Å²) in [7, 11) is 0. The first-order valence-corrected chi connectivity index (χ1v) is 5.76. The van der Waals surface area contributed by atoms with Gasteiger partial charge in [0.2, 0.25) is 0 Å². The normalized spacial score (nSPS) is 23.4. The maximum Gasteiger partial charge on any atom is 0.332 e. The molecule has 2 heterocycles. The lowest BCUT2D eigenvalue weighted by Gasteiger charge is -2.26. The van der Waals surface area contributed by atoms with Gasteiger partial charge in [0.15, 0.2) is 0 Å². The summed E-state index contributed by atoms with van der Waals surface area (Å²) in [5, 5.41) is 0. The van der Waals surface area contributed by atoms with Crippen molar-refractivity contribution < 1.29 is 14.3 Å². The zero-order chi connectivity index (χ0) is 12.7. The molecule has 6 heteroatoms. The molecule has 0 saturated carbocycles. The van der Waals surface area contributed by atoms with Crippen LogP contribution in [0.2, 0.25) is 0 Å². The molecule has 0 spiro atoms. The highest BCUT2D eigenvalue weighted by atomic mass is 16.5. The van der Waals surface area contributed by atoms with Crippen LogP contribution in [0.4, 0.5) is 16.2 Å². The molecule has 0 radical (unpaired) electrons.